The molecule has 0 saturated carbocycles. The molecule has 3 rings (SSSR count). The van der Waals surface area contributed by atoms with Crippen molar-refractivity contribution in [2.45, 2.75) is 0 Å². The van der Waals surface area contributed by atoms with Crippen LogP contribution in [0.25, 0.3) is 0 Å². The normalized spacial score (nSPS) is 11.3. The zero-order chi connectivity index (χ0) is 18.4. The van der Waals surface area contributed by atoms with Gasteiger partial charge < -0.3 is 24.8 Å². The third kappa shape index (κ3) is 4.88. The van der Waals surface area contributed by atoms with Crippen LogP contribution in [0.2, 0.25) is 10.0 Å². The molecule has 0 spiro atoms. The minimum absolute atomic E-state index is 0.178. The molecule has 2 aromatic carbocycles. The molecule has 1 aliphatic heterocycles. The Morgan fingerprint density at radius 1 is 1.08 bits per heavy atom. The second-order valence-corrected chi connectivity index (χ2v) is 5.91. The average Bonchev–Trinajstić information content (AvgIpc) is 3.09. The molecule has 0 saturated heterocycles. The van der Waals surface area contributed by atoms with E-state index in [9.17, 15) is 4.79 Å². The molecule has 0 bridgehead atoms. The number of rotatable bonds is 4. The lowest BCUT2D eigenvalue weighted by Gasteiger charge is -2.06. The number of carbonyl (C=O) groups excluding carboxylic acids is 1. The lowest BCUT2D eigenvalue weighted by molar-refractivity contribution is 0.174. The molecule has 8 heteroatoms. The minimum Gasteiger partial charge on any atom is -0.481 e. The molecule has 2 N–H and O–H groups in total. The van der Waals surface area contributed by atoms with Crippen LogP contribution in [0.15, 0.2) is 36.4 Å². The summed E-state index contributed by atoms with van der Waals surface area (Å²) < 4.78 is 16.0. The molecule has 26 heavy (non-hydrogen) atoms. The molecule has 6 nitrogen and oxygen atoms in total. The molecule has 2 amide bonds. The molecule has 0 unspecified atom stereocenters. The maximum Gasteiger partial charge on any atom is 0.319 e. The predicted octanol–water partition coefficient (Wildman–Crippen LogP) is 3.93. The number of hydrogen-bond acceptors (Lipinski definition) is 4. The largest absolute Gasteiger partial charge is 0.481 e. The molecule has 134 valence electrons. The van der Waals surface area contributed by atoms with Crippen LogP contribution in [0.3, 0.4) is 0 Å². The summed E-state index contributed by atoms with van der Waals surface area (Å²) in [6.07, 6.45) is 0. The fourth-order valence-corrected chi connectivity index (χ4v) is 2.37. The van der Waals surface area contributed by atoms with E-state index in [0.29, 0.717) is 33.0 Å². The monoisotopic (exact) mass is 392 g/mol. The zero-order valence-corrected chi connectivity index (χ0v) is 15.0. The number of urea groups is 1. The van der Waals surface area contributed by atoms with Crippen molar-refractivity contribution in [3.05, 3.63) is 46.4 Å². The summed E-state index contributed by atoms with van der Waals surface area (Å²) in [5.41, 5.74) is 0.538. The first kappa shape index (κ1) is 18.1. The number of benzene rings is 2. The third-order valence-corrected chi connectivity index (χ3v) is 4.03. The highest BCUT2D eigenvalue weighted by Crippen LogP contribution is 2.34. The van der Waals surface area contributed by atoms with Crippen molar-refractivity contribution in [2.24, 2.45) is 0 Å². The Kier molecular flexibility index (Phi) is 5.95. The molecule has 1 heterocycles. The average molecular weight is 393 g/mol. The lowest BCUT2D eigenvalue weighted by atomic mass is 10.3. The van der Waals surface area contributed by atoms with Gasteiger partial charge in [0, 0.05) is 11.8 Å². The summed E-state index contributed by atoms with van der Waals surface area (Å²) in [6, 6.07) is 9.72. The molecular weight excluding hydrogens is 379 g/mol. The summed E-state index contributed by atoms with van der Waals surface area (Å²) in [5.74, 6) is 7.58. The Bertz CT molecular complexity index is 877. The minimum atomic E-state index is -0.394. The fraction of sp³-hybridized carbons (Fsp3) is 0.167. The van der Waals surface area contributed by atoms with Gasteiger partial charge in [0.1, 0.15) is 12.4 Å². The van der Waals surface area contributed by atoms with E-state index >= 15 is 0 Å². The lowest BCUT2D eigenvalue weighted by Crippen LogP contribution is -2.28. The van der Waals surface area contributed by atoms with Crippen molar-refractivity contribution in [3.8, 4) is 29.1 Å². The van der Waals surface area contributed by atoms with Crippen LogP contribution in [0.4, 0.5) is 10.5 Å². The second kappa shape index (κ2) is 8.56. The number of amides is 2. The van der Waals surface area contributed by atoms with Gasteiger partial charge in [-0.2, -0.15) is 0 Å². The molecule has 0 radical (unpaired) electrons. The Labute approximate surface area is 160 Å². The highest BCUT2D eigenvalue weighted by Gasteiger charge is 2.13. The first-order valence-electron chi connectivity index (χ1n) is 7.60. The van der Waals surface area contributed by atoms with Crippen LogP contribution in [0.5, 0.6) is 17.2 Å². The van der Waals surface area contributed by atoms with Gasteiger partial charge in [0.2, 0.25) is 6.79 Å². The van der Waals surface area contributed by atoms with Gasteiger partial charge in [-0.3, -0.25) is 0 Å². The Morgan fingerprint density at radius 3 is 2.77 bits per heavy atom. The SMILES string of the molecule is O=C(NCC#CCOc1ccc2c(c1)OCO2)Nc1ccc(Cl)c(Cl)c1. The van der Waals surface area contributed by atoms with Crippen LogP contribution in [-0.4, -0.2) is 26.0 Å². The quantitative estimate of drug-likeness (QED) is 0.773. The number of ether oxygens (including phenoxy) is 3. The molecular formula is C18H14Cl2N2O4. The van der Waals surface area contributed by atoms with E-state index in [-0.39, 0.29) is 19.9 Å². The predicted molar refractivity (Wildman–Crippen MR) is 99.3 cm³/mol. The third-order valence-electron chi connectivity index (χ3n) is 3.29. The topological polar surface area (TPSA) is 68.8 Å². The van der Waals surface area contributed by atoms with Crippen LogP contribution < -0.4 is 24.8 Å². The summed E-state index contributed by atoms with van der Waals surface area (Å²) in [6.45, 7) is 0.585. The van der Waals surface area contributed by atoms with Crippen molar-refractivity contribution in [1.29, 1.82) is 0 Å². The van der Waals surface area contributed by atoms with Gasteiger partial charge in [0.05, 0.1) is 16.6 Å². The molecule has 2 aromatic rings. The smallest absolute Gasteiger partial charge is 0.319 e. The zero-order valence-electron chi connectivity index (χ0n) is 13.5. The van der Waals surface area contributed by atoms with E-state index in [2.05, 4.69) is 22.5 Å². The van der Waals surface area contributed by atoms with E-state index in [4.69, 9.17) is 37.4 Å². The van der Waals surface area contributed by atoms with Gasteiger partial charge in [0.25, 0.3) is 0 Å². The van der Waals surface area contributed by atoms with Gasteiger partial charge in [-0.25, -0.2) is 4.79 Å². The van der Waals surface area contributed by atoms with Crippen molar-refractivity contribution < 1.29 is 19.0 Å². The summed E-state index contributed by atoms with van der Waals surface area (Å²) >= 11 is 11.7. The molecule has 0 aromatic heterocycles. The Morgan fingerprint density at radius 2 is 1.92 bits per heavy atom. The number of anilines is 1. The number of nitrogens with one attached hydrogen (secondary N) is 2. The maximum absolute atomic E-state index is 11.7. The number of carbonyl (C=O) groups is 1. The molecule has 0 atom stereocenters. The highest BCUT2D eigenvalue weighted by molar-refractivity contribution is 6.42. The van der Waals surface area contributed by atoms with Crippen LogP contribution in [-0.2, 0) is 0 Å². The van der Waals surface area contributed by atoms with Crippen LogP contribution >= 0.6 is 23.2 Å². The number of hydrogen-bond donors (Lipinski definition) is 2. The van der Waals surface area contributed by atoms with Gasteiger partial charge in [0.15, 0.2) is 11.5 Å². The highest BCUT2D eigenvalue weighted by atomic mass is 35.5. The first-order valence-corrected chi connectivity index (χ1v) is 8.35. The van der Waals surface area contributed by atoms with E-state index < -0.39 is 6.03 Å². The maximum atomic E-state index is 11.7. The van der Waals surface area contributed by atoms with E-state index in [1.165, 1.54) is 0 Å². The van der Waals surface area contributed by atoms with Crippen LogP contribution in [0, 0.1) is 11.8 Å². The number of fused-ring (bicyclic) bond motifs is 1. The van der Waals surface area contributed by atoms with E-state index in [1.54, 1.807) is 36.4 Å². The molecule has 0 aliphatic carbocycles. The van der Waals surface area contributed by atoms with Crippen molar-refractivity contribution in [1.82, 2.24) is 5.32 Å². The standard InChI is InChI=1S/C18H14Cl2N2O4/c19-14-5-3-12(9-15(14)20)22-18(23)21-7-1-2-8-24-13-4-6-16-17(10-13)26-11-25-16/h3-6,9-10H,7-8,11H2,(H2,21,22,23). The Hall–Kier alpha value is -2.75. The van der Waals surface area contributed by atoms with Gasteiger partial charge in [-0.05, 0) is 30.3 Å². The van der Waals surface area contributed by atoms with Gasteiger partial charge >= 0.3 is 6.03 Å². The molecule has 1 aliphatic rings. The fourth-order valence-electron chi connectivity index (χ4n) is 2.07. The van der Waals surface area contributed by atoms with E-state index in [0.717, 1.165) is 0 Å². The summed E-state index contributed by atoms with van der Waals surface area (Å²) in [4.78, 5) is 11.7. The van der Waals surface area contributed by atoms with Gasteiger partial charge in [-0.15, -0.1) is 0 Å². The van der Waals surface area contributed by atoms with Crippen molar-refractivity contribution >= 4 is 34.9 Å². The Balaban J connectivity index is 1.38. The van der Waals surface area contributed by atoms with Crippen molar-refractivity contribution in [2.75, 3.05) is 25.3 Å². The first-order chi connectivity index (χ1) is 12.6. The summed E-state index contributed by atoms with van der Waals surface area (Å²) in [7, 11) is 0. The van der Waals surface area contributed by atoms with Gasteiger partial charge in [-0.1, -0.05) is 35.0 Å². The van der Waals surface area contributed by atoms with E-state index in [1.807, 2.05) is 0 Å². The second-order valence-electron chi connectivity index (χ2n) is 5.09. The summed E-state index contributed by atoms with van der Waals surface area (Å²) in [5, 5.41) is 6.03. The number of halogens is 2. The van der Waals surface area contributed by atoms with Crippen LogP contribution in [0.1, 0.15) is 0 Å². The molecule has 0 fully saturated rings. The van der Waals surface area contributed by atoms with Crippen molar-refractivity contribution in [3.63, 3.8) is 0 Å².